The lowest BCUT2D eigenvalue weighted by Gasteiger charge is -2.41. The number of nitrogens with zero attached hydrogens (tertiary/aromatic N) is 1. The van der Waals surface area contributed by atoms with Crippen molar-refractivity contribution in [2.45, 2.75) is 13.8 Å². The number of methoxy groups -OCH3 is 1. The molecule has 0 aromatic heterocycles. The quantitative estimate of drug-likeness (QED) is 0.732. The second-order valence-electron chi connectivity index (χ2n) is 5.04. The summed E-state index contributed by atoms with van der Waals surface area (Å²) < 4.78 is 4.98. The number of carboxylic acid groups (broad SMARTS) is 1. The summed E-state index contributed by atoms with van der Waals surface area (Å²) in [7, 11) is 1.63. The molecule has 0 aromatic rings. The first-order chi connectivity index (χ1) is 8.45. The van der Waals surface area contributed by atoms with Crippen LogP contribution in [0.1, 0.15) is 13.8 Å². The Bertz CT molecular complexity index is 302. The maximum atomic E-state index is 11.7. The van der Waals surface area contributed by atoms with Gasteiger partial charge < -0.3 is 20.1 Å². The summed E-state index contributed by atoms with van der Waals surface area (Å²) in [6.07, 6.45) is 0. The number of carboxylic acids is 1. The highest BCUT2D eigenvalue weighted by Crippen LogP contribution is 2.23. The van der Waals surface area contributed by atoms with Gasteiger partial charge >= 0.3 is 12.0 Å². The van der Waals surface area contributed by atoms with Crippen LogP contribution in [0.4, 0.5) is 4.79 Å². The number of likely N-dealkylation sites (tertiary alicyclic amines) is 1. The van der Waals surface area contributed by atoms with Gasteiger partial charge in [0.25, 0.3) is 0 Å². The molecule has 1 rings (SSSR count). The van der Waals surface area contributed by atoms with Crippen LogP contribution in [0, 0.1) is 17.8 Å². The van der Waals surface area contributed by atoms with Crippen molar-refractivity contribution in [1.29, 1.82) is 0 Å². The van der Waals surface area contributed by atoms with Crippen LogP contribution in [0.25, 0.3) is 0 Å². The predicted octanol–water partition coefficient (Wildman–Crippen LogP) is 0.631. The van der Waals surface area contributed by atoms with Crippen molar-refractivity contribution < 1.29 is 19.4 Å². The maximum absolute atomic E-state index is 11.7. The minimum Gasteiger partial charge on any atom is -0.481 e. The van der Waals surface area contributed by atoms with Crippen LogP contribution in [-0.2, 0) is 9.53 Å². The monoisotopic (exact) mass is 258 g/mol. The Morgan fingerprint density at radius 3 is 2.56 bits per heavy atom. The standard InChI is InChI=1S/C12H22N2O4/c1-8(7-18-3)4-13-12(17)14-5-10(6-14)9(2)11(15)16/h8-10H,4-7H2,1-3H3,(H,13,17)(H,15,16). The summed E-state index contributed by atoms with van der Waals surface area (Å²) in [6.45, 7) is 5.91. The van der Waals surface area contributed by atoms with Gasteiger partial charge in [-0.25, -0.2) is 4.79 Å². The van der Waals surface area contributed by atoms with E-state index in [1.165, 1.54) is 0 Å². The third-order valence-electron chi connectivity index (χ3n) is 3.35. The zero-order chi connectivity index (χ0) is 13.7. The molecule has 2 unspecified atom stereocenters. The van der Waals surface area contributed by atoms with E-state index in [9.17, 15) is 9.59 Å². The van der Waals surface area contributed by atoms with Crippen LogP contribution in [-0.4, -0.2) is 55.4 Å². The molecular weight excluding hydrogens is 236 g/mol. The molecule has 18 heavy (non-hydrogen) atoms. The molecule has 0 aliphatic carbocycles. The molecule has 0 aromatic carbocycles. The van der Waals surface area contributed by atoms with E-state index < -0.39 is 5.97 Å². The van der Waals surface area contributed by atoms with Crippen LogP contribution < -0.4 is 5.32 Å². The number of nitrogens with one attached hydrogen (secondary N) is 1. The fraction of sp³-hybridized carbons (Fsp3) is 0.833. The number of aliphatic carboxylic acids is 1. The van der Waals surface area contributed by atoms with Crippen LogP contribution >= 0.6 is 0 Å². The molecule has 1 heterocycles. The van der Waals surface area contributed by atoms with Crippen molar-refractivity contribution in [3.8, 4) is 0 Å². The lowest BCUT2D eigenvalue weighted by Crippen LogP contribution is -2.56. The third kappa shape index (κ3) is 3.87. The normalized spacial score (nSPS) is 18.9. The lowest BCUT2D eigenvalue weighted by atomic mass is 9.87. The molecule has 6 nitrogen and oxygen atoms in total. The Morgan fingerprint density at radius 2 is 2.06 bits per heavy atom. The molecule has 1 saturated heterocycles. The van der Waals surface area contributed by atoms with E-state index in [-0.39, 0.29) is 23.8 Å². The molecule has 1 aliphatic heterocycles. The smallest absolute Gasteiger partial charge is 0.317 e. The van der Waals surface area contributed by atoms with E-state index in [0.29, 0.717) is 26.2 Å². The van der Waals surface area contributed by atoms with Crippen LogP contribution in [0.5, 0.6) is 0 Å². The summed E-state index contributed by atoms with van der Waals surface area (Å²) in [5.41, 5.74) is 0. The molecule has 2 amide bonds. The summed E-state index contributed by atoms with van der Waals surface area (Å²) in [6, 6.07) is -0.119. The van der Waals surface area contributed by atoms with Gasteiger partial charge in [0.1, 0.15) is 0 Å². The number of amides is 2. The van der Waals surface area contributed by atoms with Crippen LogP contribution in [0.3, 0.4) is 0 Å². The molecule has 1 fully saturated rings. The van der Waals surface area contributed by atoms with Crippen molar-refractivity contribution >= 4 is 12.0 Å². The number of urea groups is 1. The number of hydrogen-bond donors (Lipinski definition) is 2. The largest absolute Gasteiger partial charge is 0.481 e. The molecule has 6 heteroatoms. The van der Waals surface area contributed by atoms with E-state index in [2.05, 4.69) is 5.32 Å². The minimum atomic E-state index is -0.797. The highest BCUT2D eigenvalue weighted by molar-refractivity contribution is 5.76. The van der Waals surface area contributed by atoms with E-state index >= 15 is 0 Å². The third-order valence-corrected chi connectivity index (χ3v) is 3.35. The van der Waals surface area contributed by atoms with Crippen LogP contribution in [0.2, 0.25) is 0 Å². The Hall–Kier alpha value is -1.30. The van der Waals surface area contributed by atoms with Gasteiger partial charge in [-0.05, 0) is 5.92 Å². The molecule has 2 atom stereocenters. The molecule has 0 spiro atoms. The van der Waals surface area contributed by atoms with Crippen molar-refractivity contribution in [3.05, 3.63) is 0 Å². The van der Waals surface area contributed by atoms with Gasteiger partial charge in [-0.3, -0.25) is 4.79 Å². The summed E-state index contributed by atoms with van der Waals surface area (Å²) in [5.74, 6) is -0.839. The van der Waals surface area contributed by atoms with Crippen molar-refractivity contribution in [3.63, 3.8) is 0 Å². The van der Waals surface area contributed by atoms with Crippen molar-refractivity contribution in [2.75, 3.05) is 33.4 Å². The second kappa shape index (κ2) is 6.58. The molecule has 0 radical (unpaired) electrons. The average Bonchev–Trinajstić information content (AvgIpc) is 2.24. The fourth-order valence-electron chi connectivity index (χ4n) is 1.91. The topological polar surface area (TPSA) is 78.9 Å². The summed E-state index contributed by atoms with van der Waals surface area (Å²) in [4.78, 5) is 24.1. The number of rotatable bonds is 6. The van der Waals surface area contributed by atoms with Crippen LogP contribution in [0.15, 0.2) is 0 Å². The van der Waals surface area contributed by atoms with Gasteiger partial charge in [0.05, 0.1) is 12.5 Å². The molecule has 1 aliphatic rings. The number of ether oxygens (including phenoxy) is 1. The Labute approximate surface area is 107 Å². The van der Waals surface area contributed by atoms with E-state index in [4.69, 9.17) is 9.84 Å². The molecule has 104 valence electrons. The van der Waals surface area contributed by atoms with E-state index in [1.54, 1.807) is 18.9 Å². The van der Waals surface area contributed by atoms with Gasteiger partial charge in [0.15, 0.2) is 0 Å². The minimum absolute atomic E-state index is 0.0737. The van der Waals surface area contributed by atoms with Gasteiger partial charge in [0, 0.05) is 32.7 Å². The second-order valence-corrected chi connectivity index (χ2v) is 5.04. The summed E-state index contributed by atoms with van der Waals surface area (Å²) >= 11 is 0. The van der Waals surface area contributed by atoms with Crippen molar-refractivity contribution in [2.24, 2.45) is 17.8 Å². The van der Waals surface area contributed by atoms with E-state index in [1.807, 2.05) is 6.92 Å². The zero-order valence-electron chi connectivity index (χ0n) is 11.2. The van der Waals surface area contributed by atoms with Gasteiger partial charge in [-0.2, -0.15) is 0 Å². The highest BCUT2D eigenvalue weighted by atomic mass is 16.5. The lowest BCUT2D eigenvalue weighted by molar-refractivity contribution is -0.144. The van der Waals surface area contributed by atoms with Crippen molar-refractivity contribution in [1.82, 2.24) is 10.2 Å². The van der Waals surface area contributed by atoms with Gasteiger partial charge in [0.2, 0.25) is 0 Å². The summed E-state index contributed by atoms with van der Waals surface area (Å²) in [5, 5.41) is 11.7. The first-order valence-corrected chi connectivity index (χ1v) is 6.20. The number of hydrogen-bond acceptors (Lipinski definition) is 3. The highest BCUT2D eigenvalue weighted by Gasteiger charge is 2.37. The fourth-order valence-corrected chi connectivity index (χ4v) is 1.91. The molecular formula is C12H22N2O4. The molecule has 0 bridgehead atoms. The predicted molar refractivity (Wildman–Crippen MR) is 66.3 cm³/mol. The first kappa shape index (κ1) is 14.8. The Kier molecular flexibility index (Phi) is 5.40. The Balaban J connectivity index is 2.21. The SMILES string of the molecule is COCC(C)CNC(=O)N1CC(C(C)C(=O)O)C1. The van der Waals surface area contributed by atoms with Gasteiger partial charge in [-0.1, -0.05) is 13.8 Å². The van der Waals surface area contributed by atoms with E-state index in [0.717, 1.165) is 0 Å². The molecule has 2 N–H and O–H groups in total. The maximum Gasteiger partial charge on any atom is 0.317 e. The Morgan fingerprint density at radius 1 is 1.44 bits per heavy atom. The number of carbonyl (C=O) groups excluding carboxylic acids is 1. The molecule has 0 saturated carbocycles. The average molecular weight is 258 g/mol. The van der Waals surface area contributed by atoms with Gasteiger partial charge in [-0.15, -0.1) is 0 Å². The number of carbonyl (C=O) groups is 2. The zero-order valence-corrected chi connectivity index (χ0v) is 11.2. The first-order valence-electron chi connectivity index (χ1n) is 6.20.